The van der Waals surface area contributed by atoms with Gasteiger partial charge < -0.3 is 15.6 Å². The molecule has 156 valence electrons. The van der Waals surface area contributed by atoms with E-state index < -0.39 is 0 Å². The van der Waals surface area contributed by atoms with Gasteiger partial charge in [0.1, 0.15) is 0 Å². The van der Waals surface area contributed by atoms with Crippen molar-refractivity contribution >= 4 is 16.9 Å². The minimum Gasteiger partial charge on any atom is -0.361 e. The number of nitrogens with zero attached hydrogens (tertiary/aromatic N) is 3. The average Bonchev–Trinajstić information content (AvgIpc) is 3.19. The summed E-state index contributed by atoms with van der Waals surface area (Å²) in [4.78, 5) is 8.21. The molecule has 2 heterocycles. The molecule has 6 nitrogen and oxygen atoms in total. The Balaban J connectivity index is 1.64. The zero-order valence-corrected chi connectivity index (χ0v) is 18.6. The Kier molecular flexibility index (Phi) is 6.62. The van der Waals surface area contributed by atoms with Gasteiger partial charge in [0.2, 0.25) is 0 Å². The van der Waals surface area contributed by atoms with Gasteiger partial charge in [-0.3, -0.25) is 9.67 Å². The number of aromatic amines is 1. The maximum Gasteiger partial charge on any atom is 0.191 e. The Labute approximate surface area is 173 Å². The molecule has 0 saturated heterocycles. The van der Waals surface area contributed by atoms with Crippen molar-refractivity contribution in [2.75, 3.05) is 13.1 Å². The van der Waals surface area contributed by atoms with E-state index in [1.807, 2.05) is 11.7 Å². The molecule has 0 spiro atoms. The number of aromatic nitrogens is 3. The summed E-state index contributed by atoms with van der Waals surface area (Å²) in [6.07, 6.45) is 3.96. The largest absolute Gasteiger partial charge is 0.361 e. The quantitative estimate of drug-likeness (QED) is 0.424. The lowest BCUT2D eigenvalue weighted by Gasteiger charge is -2.18. The molecule has 29 heavy (non-hydrogen) atoms. The predicted molar refractivity (Wildman–Crippen MR) is 122 cm³/mol. The van der Waals surface area contributed by atoms with Crippen LogP contribution >= 0.6 is 0 Å². The lowest BCUT2D eigenvalue weighted by molar-refractivity contribution is 0.636. The summed E-state index contributed by atoms with van der Waals surface area (Å²) in [7, 11) is 2.00. The van der Waals surface area contributed by atoms with Gasteiger partial charge in [0.15, 0.2) is 5.96 Å². The first-order chi connectivity index (χ1) is 13.9. The fourth-order valence-corrected chi connectivity index (χ4v) is 3.88. The van der Waals surface area contributed by atoms with Crippen molar-refractivity contribution in [3.05, 3.63) is 52.5 Å². The normalized spacial score (nSPS) is 13.1. The van der Waals surface area contributed by atoms with Gasteiger partial charge in [-0.1, -0.05) is 18.2 Å². The summed E-state index contributed by atoms with van der Waals surface area (Å²) < 4.78 is 1.96. The molecular formula is C23H34N6. The molecule has 6 heteroatoms. The molecule has 2 aromatic heterocycles. The molecule has 0 aliphatic heterocycles. The lowest BCUT2D eigenvalue weighted by atomic mass is 10.1. The molecule has 0 aliphatic carbocycles. The number of guanidine groups is 1. The van der Waals surface area contributed by atoms with E-state index in [0.29, 0.717) is 0 Å². The fourth-order valence-electron chi connectivity index (χ4n) is 3.88. The van der Waals surface area contributed by atoms with Crippen molar-refractivity contribution < 1.29 is 0 Å². The summed E-state index contributed by atoms with van der Waals surface area (Å²) >= 11 is 0. The Morgan fingerprint density at radius 3 is 2.76 bits per heavy atom. The molecular weight excluding hydrogens is 360 g/mol. The van der Waals surface area contributed by atoms with Gasteiger partial charge in [0.25, 0.3) is 0 Å². The van der Waals surface area contributed by atoms with Gasteiger partial charge in [-0.05, 0) is 64.2 Å². The van der Waals surface area contributed by atoms with E-state index in [0.717, 1.165) is 37.6 Å². The van der Waals surface area contributed by atoms with Crippen LogP contribution in [0.2, 0.25) is 0 Å². The van der Waals surface area contributed by atoms with Crippen molar-refractivity contribution in [1.82, 2.24) is 25.4 Å². The molecule has 0 aliphatic rings. The zero-order chi connectivity index (χ0) is 21.0. The van der Waals surface area contributed by atoms with E-state index in [2.05, 4.69) is 79.7 Å². The number of hydrogen-bond acceptors (Lipinski definition) is 2. The summed E-state index contributed by atoms with van der Waals surface area (Å²) in [5.41, 5.74) is 7.48. The van der Waals surface area contributed by atoms with Crippen LogP contribution in [-0.4, -0.2) is 39.9 Å². The summed E-state index contributed by atoms with van der Waals surface area (Å²) in [6, 6.07) is 6.71. The van der Waals surface area contributed by atoms with Crippen LogP contribution in [0.5, 0.6) is 0 Å². The Hall–Kier alpha value is -2.76. The third-order valence-electron chi connectivity index (χ3n) is 5.56. The first kappa shape index (κ1) is 21.0. The van der Waals surface area contributed by atoms with Crippen molar-refractivity contribution in [2.45, 2.75) is 53.5 Å². The van der Waals surface area contributed by atoms with Crippen molar-refractivity contribution in [2.24, 2.45) is 12.0 Å². The SMILES string of the molecule is CCNC(=NCCc1c[nH]c2c(C)cccc12)NC(C)Cc1c(C)nn(C)c1C. The number of aryl methyl sites for hydroxylation is 3. The van der Waals surface area contributed by atoms with E-state index in [9.17, 15) is 0 Å². The van der Waals surface area contributed by atoms with Crippen LogP contribution in [0.15, 0.2) is 29.4 Å². The van der Waals surface area contributed by atoms with E-state index in [-0.39, 0.29) is 6.04 Å². The number of benzene rings is 1. The van der Waals surface area contributed by atoms with E-state index in [4.69, 9.17) is 4.99 Å². The molecule has 0 saturated carbocycles. The van der Waals surface area contributed by atoms with Crippen molar-refractivity contribution in [3.8, 4) is 0 Å². The molecule has 3 N–H and O–H groups in total. The van der Waals surface area contributed by atoms with Gasteiger partial charge in [-0.15, -0.1) is 0 Å². The van der Waals surface area contributed by atoms with Crippen molar-refractivity contribution in [1.29, 1.82) is 0 Å². The average molecular weight is 395 g/mol. The fraction of sp³-hybridized carbons (Fsp3) is 0.478. The lowest BCUT2D eigenvalue weighted by Crippen LogP contribution is -2.43. The predicted octanol–water partition coefficient (Wildman–Crippen LogP) is 3.56. The second-order valence-electron chi connectivity index (χ2n) is 7.84. The highest BCUT2D eigenvalue weighted by atomic mass is 15.3. The number of H-pyrrole nitrogens is 1. The van der Waals surface area contributed by atoms with Crippen LogP contribution in [-0.2, 0) is 19.9 Å². The van der Waals surface area contributed by atoms with Crippen LogP contribution in [0.3, 0.4) is 0 Å². The molecule has 3 rings (SSSR count). The van der Waals surface area contributed by atoms with Crippen molar-refractivity contribution in [3.63, 3.8) is 0 Å². The first-order valence-corrected chi connectivity index (χ1v) is 10.5. The van der Waals surface area contributed by atoms with E-state index in [1.165, 1.54) is 33.3 Å². The summed E-state index contributed by atoms with van der Waals surface area (Å²) in [5.74, 6) is 0.871. The van der Waals surface area contributed by atoms with Crippen LogP contribution in [0, 0.1) is 20.8 Å². The number of aliphatic imine (C=N–C) groups is 1. The molecule has 0 bridgehead atoms. The molecule has 1 unspecified atom stereocenters. The molecule has 0 radical (unpaired) electrons. The first-order valence-electron chi connectivity index (χ1n) is 10.5. The van der Waals surface area contributed by atoms with Gasteiger partial charge in [-0.25, -0.2) is 0 Å². The molecule has 3 aromatic rings. The highest BCUT2D eigenvalue weighted by molar-refractivity contribution is 5.86. The topological polar surface area (TPSA) is 70.0 Å². The zero-order valence-electron chi connectivity index (χ0n) is 18.6. The number of para-hydroxylation sites is 1. The third-order valence-corrected chi connectivity index (χ3v) is 5.56. The Morgan fingerprint density at radius 2 is 2.07 bits per heavy atom. The van der Waals surface area contributed by atoms with Gasteiger partial charge >= 0.3 is 0 Å². The minimum atomic E-state index is 0.269. The monoisotopic (exact) mass is 394 g/mol. The van der Waals surface area contributed by atoms with Crippen LogP contribution in [0.25, 0.3) is 10.9 Å². The van der Waals surface area contributed by atoms with E-state index in [1.54, 1.807) is 0 Å². The van der Waals surface area contributed by atoms with Gasteiger partial charge in [0.05, 0.1) is 5.69 Å². The maximum absolute atomic E-state index is 4.81. The number of hydrogen-bond donors (Lipinski definition) is 3. The molecule has 1 atom stereocenters. The summed E-state index contributed by atoms with van der Waals surface area (Å²) in [6.45, 7) is 12.2. The maximum atomic E-state index is 4.81. The highest BCUT2D eigenvalue weighted by Gasteiger charge is 2.14. The summed E-state index contributed by atoms with van der Waals surface area (Å²) in [5, 5.41) is 12.7. The van der Waals surface area contributed by atoms with Crippen LogP contribution in [0.1, 0.15) is 41.9 Å². The van der Waals surface area contributed by atoms with Gasteiger partial charge in [0, 0.05) is 49.0 Å². The Morgan fingerprint density at radius 1 is 1.28 bits per heavy atom. The minimum absolute atomic E-state index is 0.269. The second-order valence-corrected chi connectivity index (χ2v) is 7.84. The molecule has 0 fully saturated rings. The smallest absolute Gasteiger partial charge is 0.191 e. The van der Waals surface area contributed by atoms with E-state index >= 15 is 0 Å². The molecule has 0 amide bonds. The second kappa shape index (κ2) is 9.16. The van der Waals surface area contributed by atoms with Crippen LogP contribution < -0.4 is 10.6 Å². The standard InChI is InChI=1S/C23H34N6/c1-7-24-23(27-16(3)13-21-17(4)28-29(6)18(21)5)25-12-11-19-14-26-22-15(2)9-8-10-20(19)22/h8-10,14,16,26H,7,11-13H2,1-6H3,(H2,24,25,27). The highest BCUT2D eigenvalue weighted by Crippen LogP contribution is 2.21. The van der Waals surface area contributed by atoms with Gasteiger partial charge in [-0.2, -0.15) is 5.10 Å². The molecule has 1 aromatic carbocycles. The van der Waals surface area contributed by atoms with Crippen LogP contribution in [0.4, 0.5) is 0 Å². The third kappa shape index (κ3) is 4.81. The number of rotatable bonds is 7. The number of nitrogens with one attached hydrogen (secondary N) is 3. The number of fused-ring (bicyclic) bond motifs is 1. The Bertz CT molecular complexity index is 994.